The summed E-state index contributed by atoms with van der Waals surface area (Å²) in [7, 11) is 0. The lowest BCUT2D eigenvalue weighted by Crippen LogP contribution is -2.18. The molecule has 1 unspecified atom stereocenters. The molecular formula is C17H30Cl2O2. The normalized spacial score (nSPS) is 15.7. The third-order valence-electron chi connectivity index (χ3n) is 3.39. The minimum Gasteiger partial charge on any atom is -0.463 e. The number of carbonyl (C=O) groups is 1. The lowest BCUT2D eigenvalue weighted by atomic mass is 9.93. The molecule has 0 aromatic rings. The van der Waals surface area contributed by atoms with Crippen LogP contribution in [0.2, 0.25) is 0 Å². The van der Waals surface area contributed by atoms with E-state index >= 15 is 0 Å². The highest BCUT2D eigenvalue weighted by atomic mass is 35.5. The number of rotatable bonds is 10. The fraction of sp³-hybridized carbons (Fsp3) is 0.824. The van der Waals surface area contributed by atoms with Gasteiger partial charge in [-0.3, -0.25) is 0 Å². The zero-order valence-corrected chi connectivity index (χ0v) is 15.6. The molecule has 0 saturated heterocycles. The maximum absolute atomic E-state index is 11.3. The lowest BCUT2D eigenvalue weighted by molar-refractivity contribution is -0.137. The number of esters is 1. The van der Waals surface area contributed by atoms with Crippen LogP contribution in [0.3, 0.4) is 0 Å². The van der Waals surface area contributed by atoms with Crippen LogP contribution in [0.5, 0.6) is 0 Å². The molecule has 0 rings (SSSR count). The first-order valence-corrected chi connectivity index (χ1v) is 8.53. The summed E-state index contributed by atoms with van der Waals surface area (Å²) in [6, 6.07) is 0. The Bertz CT molecular complexity index is 341. The summed E-state index contributed by atoms with van der Waals surface area (Å²) in [5, 5.41) is 0. The Morgan fingerprint density at radius 1 is 1.10 bits per heavy atom. The molecule has 0 aliphatic rings. The van der Waals surface area contributed by atoms with Gasteiger partial charge in [-0.25, -0.2) is 4.79 Å². The molecule has 0 aromatic heterocycles. The van der Waals surface area contributed by atoms with Gasteiger partial charge in [-0.2, -0.15) is 0 Å². The second-order valence-corrected chi connectivity index (χ2v) is 8.52. The first-order chi connectivity index (χ1) is 9.56. The van der Waals surface area contributed by atoms with Gasteiger partial charge in [0.05, 0.1) is 6.61 Å². The highest BCUT2D eigenvalue weighted by molar-refractivity contribution is 6.24. The van der Waals surface area contributed by atoms with E-state index in [9.17, 15) is 4.79 Å². The van der Waals surface area contributed by atoms with Crippen molar-refractivity contribution in [1.29, 1.82) is 0 Å². The maximum Gasteiger partial charge on any atom is 0.330 e. The van der Waals surface area contributed by atoms with Crippen LogP contribution in [-0.2, 0) is 9.53 Å². The van der Waals surface area contributed by atoms with Gasteiger partial charge in [0.1, 0.15) is 0 Å². The van der Waals surface area contributed by atoms with Crippen molar-refractivity contribution in [2.75, 3.05) is 6.61 Å². The van der Waals surface area contributed by atoms with Gasteiger partial charge in [0.15, 0.2) is 0 Å². The van der Waals surface area contributed by atoms with Gasteiger partial charge in [0.25, 0.3) is 0 Å². The predicted octanol–water partition coefficient (Wildman–Crippen LogP) is 5.85. The molecule has 0 aliphatic carbocycles. The summed E-state index contributed by atoms with van der Waals surface area (Å²) in [5.74, 6) is -0.257. The van der Waals surface area contributed by atoms with Gasteiger partial charge < -0.3 is 4.74 Å². The molecule has 0 amide bonds. The molecule has 4 heteroatoms. The molecule has 2 nitrogen and oxygen atoms in total. The van der Waals surface area contributed by atoms with Gasteiger partial charge in [0.2, 0.25) is 0 Å². The fourth-order valence-corrected chi connectivity index (χ4v) is 2.60. The van der Waals surface area contributed by atoms with E-state index in [1.807, 2.05) is 27.7 Å². The van der Waals surface area contributed by atoms with E-state index in [0.717, 1.165) is 44.1 Å². The van der Waals surface area contributed by atoms with Crippen LogP contribution in [0.15, 0.2) is 11.6 Å². The van der Waals surface area contributed by atoms with Crippen molar-refractivity contribution < 1.29 is 9.53 Å². The molecule has 0 heterocycles. The van der Waals surface area contributed by atoms with E-state index in [1.54, 1.807) is 6.08 Å². The lowest BCUT2D eigenvalue weighted by Gasteiger charge is -2.24. The first-order valence-electron chi connectivity index (χ1n) is 7.77. The zero-order chi connectivity index (χ0) is 16.5. The summed E-state index contributed by atoms with van der Waals surface area (Å²) in [4.78, 5) is 11.0. The van der Waals surface area contributed by atoms with Crippen LogP contribution < -0.4 is 0 Å². The predicted molar refractivity (Wildman–Crippen MR) is 92.3 cm³/mol. The van der Waals surface area contributed by atoms with Crippen molar-refractivity contribution in [3.63, 3.8) is 0 Å². The second kappa shape index (κ2) is 9.74. The highest BCUT2D eigenvalue weighted by Crippen LogP contribution is 2.31. The fourth-order valence-electron chi connectivity index (χ4n) is 2.20. The van der Waals surface area contributed by atoms with Gasteiger partial charge in [-0.05, 0) is 73.1 Å². The standard InChI is InChI=1S/C17H30Cl2O2/c1-6-21-15(20)13-14(2)9-7-11-17(5,19)12-8-10-16(3,4)18/h13H,6-12H2,1-5H3/b14-13+. The van der Waals surface area contributed by atoms with E-state index in [0.29, 0.717) is 6.61 Å². The molecule has 0 fully saturated rings. The minimum absolute atomic E-state index is 0.147. The van der Waals surface area contributed by atoms with E-state index in [2.05, 4.69) is 6.92 Å². The van der Waals surface area contributed by atoms with Gasteiger partial charge >= 0.3 is 5.97 Å². The second-order valence-electron chi connectivity index (χ2n) is 6.58. The third kappa shape index (κ3) is 13.2. The Balaban J connectivity index is 4.00. The van der Waals surface area contributed by atoms with Crippen LogP contribution in [0.4, 0.5) is 0 Å². The first kappa shape index (κ1) is 20.8. The molecule has 0 spiro atoms. The Kier molecular flexibility index (Phi) is 9.64. The Hall–Kier alpha value is -0.210. The van der Waals surface area contributed by atoms with Crippen molar-refractivity contribution in [1.82, 2.24) is 0 Å². The van der Waals surface area contributed by atoms with Crippen molar-refractivity contribution in [2.45, 2.75) is 82.9 Å². The van der Waals surface area contributed by atoms with E-state index in [1.165, 1.54) is 0 Å². The number of hydrogen-bond donors (Lipinski definition) is 0. The summed E-state index contributed by atoms with van der Waals surface area (Å²) in [6.45, 7) is 10.3. The Labute approximate surface area is 140 Å². The van der Waals surface area contributed by atoms with Crippen LogP contribution in [0.25, 0.3) is 0 Å². The van der Waals surface area contributed by atoms with Gasteiger partial charge in [-0.1, -0.05) is 5.57 Å². The van der Waals surface area contributed by atoms with E-state index < -0.39 is 0 Å². The largest absolute Gasteiger partial charge is 0.463 e. The van der Waals surface area contributed by atoms with Crippen molar-refractivity contribution in [2.24, 2.45) is 0 Å². The SMILES string of the molecule is CCOC(=O)/C=C(\C)CCCC(C)(Cl)CCCC(C)(C)Cl. The Morgan fingerprint density at radius 2 is 1.67 bits per heavy atom. The van der Waals surface area contributed by atoms with Crippen molar-refractivity contribution in [3.8, 4) is 0 Å². The van der Waals surface area contributed by atoms with E-state index in [-0.39, 0.29) is 15.7 Å². The van der Waals surface area contributed by atoms with Gasteiger partial charge in [0, 0.05) is 15.8 Å². The van der Waals surface area contributed by atoms with Crippen LogP contribution >= 0.6 is 23.2 Å². The number of halogens is 2. The molecule has 0 bridgehead atoms. The average molecular weight is 337 g/mol. The smallest absolute Gasteiger partial charge is 0.330 e. The quantitative estimate of drug-likeness (QED) is 0.284. The molecule has 0 saturated carbocycles. The average Bonchev–Trinajstić information content (AvgIpc) is 2.26. The molecule has 21 heavy (non-hydrogen) atoms. The van der Waals surface area contributed by atoms with Crippen LogP contribution in [-0.4, -0.2) is 22.3 Å². The number of hydrogen-bond acceptors (Lipinski definition) is 2. The monoisotopic (exact) mass is 336 g/mol. The summed E-state index contributed by atoms with van der Waals surface area (Å²) in [6.07, 6.45) is 7.34. The molecule has 0 radical (unpaired) electrons. The molecule has 0 aliphatic heterocycles. The number of alkyl halides is 2. The van der Waals surface area contributed by atoms with Crippen LogP contribution in [0, 0.1) is 0 Å². The molecule has 1 atom stereocenters. The van der Waals surface area contributed by atoms with Gasteiger partial charge in [-0.15, -0.1) is 23.2 Å². The number of ether oxygens (including phenoxy) is 1. The van der Waals surface area contributed by atoms with Crippen molar-refractivity contribution in [3.05, 3.63) is 11.6 Å². The maximum atomic E-state index is 11.3. The molecular weight excluding hydrogens is 307 g/mol. The summed E-state index contributed by atoms with van der Waals surface area (Å²) < 4.78 is 4.89. The topological polar surface area (TPSA) is 26.3 Å². The molecule has 124 valence electrons. The van der Waals surface area contributed by atoms with Crippen molar-refractivity contribution >= 4 is 29.2 Å². The number of allylic oxidation sites excluding steroid dienone is 1. The highest BCUT2D eigenvalue weighted by Gasteiger charge is 2.22. The number of carbonyl (C=O) groups excluding carboxylic acids is 1. The Morgan fingerprint density at radius 3 is 2.19 bits per heavy atom. The third-order valence-corrected chi connectivity index (χ3v) is 3.96. The van der Waals surface area contributed by atoms with E-state index in [4.69, 9.17) is 27.9 Å². The summed E-state index contributed by atoms with van der Waals surface area (Å²) in [5.41, 5.74) is 1.04. The minimum atomic E-state index is -0.257. The molecule has 0 N–H and O–H groups in total. The zero-order valence-electron chi connectivity index (χ0n) is 14.1. The molecule has 0 aromatic carbocycles. The van der Waals surface area contributed by atoms with Crippen LogP contribution in [0.1, 0.15) is 73.1 Å². The summed E-state index contributed by atoms with van der Waals surface area (Å²) >= 11 is 12.7.